The molecule has 2 fully saturated rings. The number of piperazine rings is 1. The molecule has 0 N–H and O–H groups in total. The first-order chi connectivity index (χ1) is 11.0. The zero-order chi connectivity index (χ0) is 16.6. The molecule has 2 heterocycles. The van der Waals surface area contributed by atoms with Gasteiger partial charge in [-0.05, 0) is 19.2 Å². The highest BCUT2D eigenvalue weighted by Crippen LogP contribution is 2.29. The summed E-state index contributed by atoms with van der Waals surface area (Å²) in [6.45, 7) is 3.05. The van der Waals surface area contributed by atoms with Crippen molar-refractivity contribution in [3.05, 3.63) is 29.8 Å². The number of carbonyl (C=O) groups excluding carboxylic acids is 2. The van der Waals surface area contributed by atoms with Gasteiger partial charge in [-0.1, -0.05) is 0 Å². The number of benzene rings is 1. The first kappa shape index (κ1) is 15.9. The Morgan fingerprint density at radius 3 is 2.52 bits per heavy atom. The summed E-state index contributed by atoms with van der Waals surface area (Å²) in [5, 5.41) is 0. The summed E-state index contributed by atoms with van der Waals surface area (Å²) in [6, 6.07) is 3.10. The monoisotopic (exact) mass is 323 g/mol. The van der Waals surface area contributed by atoms with Crippen LogP contribution in [0.2, 0.25) is 0 Å². The molecule has 1 aromatic rings. The third-order valence-corrected chi connectivity index (χ3v) is 4.49. The van der Waals surface area contributed by atoms with Crippen LogP contribution >= 0.6 is 0 Å². The third-order valence-electron chi connectivity index (χ3n) is 4.49. The molecule has 124 valence electrons. The van der Waals surface area contributed by atoms with Gasteiger partial charge in [0.15, 0.2) is 0 Å². The molecule has 3 rings (SSSR count). The van der Waals surface area contributed by atoms with Crippen LogP contribution in [-0.4, -0.2) is 61.4 Å². The molecule has 2 aliphatic rings. The summed E-state index contributed by atoms with van der Waals surface area (Å²) in [4.78, 5) is 29.8. The van der Waals surface area contributed by atoms with Crippen LogP contribution in [0.25, 0.3) is 0 Å². The summed E-state index contributed by atoms with van der Waals surface area (Å²) in [7, 11) is 2.00. The summed E-state index contributed by atoms with van der Waals surface area (Å²) in [5.74, 6) is -2.30. The van der Waals surface area contributed by atoms with E-state index in [1.807, 2.05) is 7.05 Å². The summed E-state index contributed by atoms with van der Waals surface area (Å²) in [5.41, 5.74) is 0.0325. The van der Waals surface area contributed by atoms with E-state index in [0.717, 1.165) is 25.2 Å². The lowest BCUT2D eigenvalue weighted by atomic mass is 10.1. The molecule has 0 aliphatic carbocycles. The Hall–Kier alpha value is -2.02. The molecular weight excluding hydrogens is 304 g/mol. The third kappa shape index (κ3) is 3.19. The number of halogens is 2. The molecule has 1 aromatic carbocycles. The standard InChI is InChI=1S/C16H19F2N3O2/c1-19-4-6-20(7-5-19)16(23)11-8-15(22)21(10-11)14-3-2-12(17)9-13(14)18/h2-3,9,11H,4-8,10H2,1H3. The van der Waals surface area contributed by atoms with Crippen molar-refractivity contribution in [3.63, 3.8) is 0 Å². The van der Waals surface area contributed by atoms with Crippen molar-refractivity contribution >= 4 is 17.5 Å². The number of likely N-dealkylation sites (N-methyl/N-ethyl adjacent to an activating group) is 1. The molecule has 23 heavy (non-hydrogen) atoms. The second kappa shape index (κ2) is 6.23. The van der Waals surface area contributed by atoms with Gasteiger partial charge in [0.25, 0.3) is 0 Å². The predicted octanol–water partition coefficient (Wildman–Crippen LogP) is 1.09. The molecule has 0 spiro atoms. The van der Waals surface area contributed by atoms with Gasteiger partial charge in [-0.25, -0.2) is 8.78 Å². The lowest BCUT2D eigenvalue weighted by molar-refractivity contribution is -0.137. The second-order valence-corrected chi connectivity index (χ2v) is 6.13. The number of hydrogen-bond donors (Lipinski definition) is 0. The Kier molecular flexibility index (Phi) is 4.30. The zero-order valence-electron chi connectivity index (χ0n) is 13.0. The van der Waals surface area contributed by atoms with E-state index in [2.05, 4.69) is 4.90 Å². The molecule has 2 saturated heterocycles. The molecule has 0 saturated carbocycles. The number of hydrogen-bond acceptors (Lipinski definition) is 3. The van der Waals surface area contributed by atoms with E-state index in [1.54, 1.807) is 4.90 Å². The Balaban J connectivity index is 1.71. The number of carbonyl (C=O) groups is 2. The number of rotatable bonds is 2. The summed E-state index contributed by atoms with van der Waals surface area (Å²) >= 11 is 0. The lowest BCUT2D eigenvalue weighted by Crippen LogP contribution is -2.49. The van der Waals surface area contributed by atoms with Crippen molar-refractivity contribution in [2.24, 2.45) is 5.92 Å². The van der Waals surface area contributed by atoms with Crippen molar-refractivity contribution in [2.45, 2.75) is 6.42 Å². The molecule has 0 bridgehead atoms. The minimum absolute atomic E-state index is 0.0325. The summed E-state index contributed by atoms with van der Waals surface area (Å²) in [6.07, 6.45) is 0.0714. The van der Waals surface area contributed by atoms with Crippen molar-refractivity contribution < 1.29 is 18.4 Å². The minimum atomic E-state index is -0.786. The summed E-state index contributed by atoms with van der Waals surface area (Å²) < 4.78 is 26.9. The zero-order valence-corrected chi connectivity index (χ0v) is 13.0. The van der Waals surface area contributed by atoms with Crippen molar-refractivity contribution in [1.29, 1.82) is 0 Å². The SMILES string of the molecule is CN1CCN(C(=O)C2CC(=O)N(c3ccc(F)cc3F)C2)CC1. The second-order valence-electron chi connectivity index (χ2n) is 6.13. The van der Waals surface area contributed by atoms with Crippen LogP contribution in [0.5, 0.6) is 0 Å². The first-order valence-corrected chi connectivity index (χ1v) is 7.68. The van der Waals surface area contributed by atoms with E-state index in [0.29, 0.717) is 13.1 Å². The highest BCUT2D eigenvalue weighted by Gasteiger charge is 2.38. The van der Waals surface area contributed by atoms with E-state index >= 15 is 0 Å². The van der Waals surface area contributed by atoms with Gasteiger partial charge in [0, 0.05) is 45.2 Å². The number of anilines is 1. The van der Waals surface area contributed by atoms with Crippen molar-refractivity contribution in [2.75, 3.05) is 44.7 Å². The van der Waals surface area contributed by atoms with E-state index < -0.39 is 17.6 Å². The van der Waals surface area contributed by atoms with Crippen LogP contribution in [0.15, 0.2) is 18.2 Å². The molecule has 0 radical (unpaired) electrons. The van der Waals surface area contributed by atoms with Gasteiger partial charge in [0.1, 0.15) is 11.6 Å². The number of nitrogens with zero attached hydrogens (tertiary/aromatic N) is 3. The Labute approximate surface area is 133 Å². The molecular formula is C16H19F2N3O2. The van der Waals surface area contributed by atoms with Crippen molar-refractivity contribution in [3.8, 4) is 0 Å². The van der Waals surface area contributed by atoms with Gasteiger partial charge in [0.05, 0.1) is 11.6 Å². The molecule has 0 aromatic heterocycles. The molecule has 2 amide bonds. The lowest BCUT2D eigenvalue weighted by Gasteiger charge is -2.33. The van der Waals surface area contributed by atoms with Gasteiger partial charge in [-0.2, -0.15) is 0 Å². The fourth-order valence-electron chi connectivity index (χ4n) is 3.09. The predicted molar refractivity (Wildman–Crippen MR) is 80.9 cm³/mol. The Bertz CT molecular complexity index is 630. The van der Waals surface area contributed by atoms with Gasteiger partial charge >= 0.3 is 0 Å². The largest absolute Gasteiger partial charge is 0.340 e. The average molecular weight is 323 g/mol. The molecule has 1 atom stereocenters. The maximum absolute atomic E-state index is 13.9. The smallest absolute Gasteiger partial charge is 0.228 e. The van der Waals surface area contributed by atoms with E-state index in [4.69, 9.17) is 0 Å². The maximum atomic E-state index is 13.9. The van der Waals surface area contributed by atoms with Crippen LogP contribution in [0, 0.1) is 17.6 Å². The maximum Gasteiger partial charge on any atom is 0.228 e. The molecule has 7 heteroatoms. The van der Waals surface area contributed by atoms with Gasteiger partial charge in [-0.15, -0.1) is 0 Å². The molecule has 5 nitrogen and oxygen atoms in total. The van der Waals surface area contributed by atoms with Crippen LogP contribution in [0.4, 0.5) is 14.5 Å². The van der Waals surface area contributed by atoms with Crippen LogP contribution < -0.4 is 4.90 Å². The highest BCUT2D eigenvalue weighted by molar-refractivity contribution is 6.00. The van der Waals surface area contributed by atoms with Crippen LogP contribution in [0.3, 0.4) is 0 Å². The first-order valence-electron chi connectivity index (χ1n) is 7.68. The minimum Gasteiger partial charge on any atom is -0.340 e. The Morgan fingerprint density at radius 1 is 1.17 bits per heavy atom. The van der Waals surface area contributed by atoms with Crippen LogP contribution in [0.1, 0.15) is 6.42 Å². The molecule has 2 aliphatic heterocycles. The quantitative estimate of drug-likeness (QED) is 0.818. The topological polar surface area (TPSA) is 43.9 Å². The van der Waals surface area contributed by atoms with E-state index in [9.17, 15) is 18.4 Å². The fraction of sp³-hybridized carbons (Fsp3) is 0.500. The molecule has 1 unspecified atom stereocenters. The van der Waals surface area contributed by atoms with Gasteiger partial charge < -0.3 is 14.7 Å². The van der Waals surface area contributed by atoms with E-state index in [1.165, 1.54) is 11.0 Å². The average Bonchev–Trinajstić information content (AvgIpc) is 2.89. The highest BCUT2D eigenvalue weighted by atomic mass is 19.1. The van der Waals surface area contributed by atoms with Gasteiger partial charge in [0.2, 0.25) is 11.8 Å². The Morgan fingerprint density at radius 2 is 1.87 bits per heavy atom. The van der Waals surface area contributed by atoms with E-state index in [-0.39, 0.29) is 30.5 Å². The normalized spacial score (nSPS) is 22.7. The fourth-order valence-corrected chi connectivity index (χ4v) is 3.09. The number of amides is 2. The van der Waals surface area contributed by atoms with Crippen molar-refractivity contribution in [1.82, 2.24) is 9.80 Å². The van der Waals surface area contributed by atoms with Crippen LogP contribution in [-0.2, 0) is 9.59 Å². The van der Waals surface area contributed by atoms with Gasteiger partial charge in [-0.3, -0.25) is 9.59 Å².